The summed E-state index contributed by atoms with van der Waals surface area (Å²) in [6.07, 6.45) is 0. The number of hydrogen-bond acceptors (Lipinski definition) is 4. The van der Waals surface area contributed by atoms with E-state index in [0.29, 0.717) is 17.1 Å². The zero-order valence-electron chi connectivity index (χ0n) is 11.6. The Balaban J connectivity index is 2.15. The molecule has 0 aliphatic rings. The highest BCUT2D eigenvalue weighted by Gasteiger charge is 2.11. The molecule has 0 saturated carbocycles. The molecular weight excluding hydrogens is 272 g/mol. The van der Waals surface area contributed by atoms with E-state index < -0.39 is 5.97 Å². The summed E-state index contributed by atoms with van der Waals surface area (Å²) in [5, 5.41) is 18.3. The zero-order chi connectivity index (χ0) is 15.2. The number of carbonyl (C=O) groups is 1. The van der Waals surface area contributed by atoms with Crippen LogP contribution in [0.25, 0.3) is 0 Å². The van der Waals surface area contributed by atoms with Crippen LogP contribution >= 0.6 is 0 Å². The normalized spacial score (nSPS) is 10.2. The van der Waals surface area contributed by atoms with Crippen molar-refractivity contribution in [3.05, 3.63) is 59.2 Å². The number of methoxy groups -OCH3 is 1. The second-order valence-corrected chi connectivity index (χ2v) is 4.39. The van der Waals surface area contributed by atoms with E-state index in [1.807, 2.05) is 12.1 Å². The number of benzene rings is 2. The maximum absolute atomic E-state index is 11.0. The molecule has 2 rings (SSSR count). The van der Waals surface area contributed by atoms with Gasteiger partial charge < -0.3 is 19.7 Å². The van der Waals surface area contributed by atoms with Crippen molar-refractivity contribution in [1.29, 1.82) is 0 Å². The summed E-state index contributed by atoms with van der Waals surface area (Å²) in [6.45, 7) is 0.157. The number of aromatic carboxylic acids is 1. The minimum Gasteiger partial charge on any atom is -0.496 e. The standard InChI is InChI=1S/C16H16O5/c1-20-15-8-11(6-7-13(15)16(18)19)10-21-14-5-3-2-4-12(14)9-17/h2-8,17H,9-10H2,1H3,(H,18,19). The molecule has 0 atom stereocenters. The van der Waals surface area contributed by atoms with Crippen molar-refractivity contribution in [2.45, 2.75) is 13.2 Å². The van der Waals surface area contributed by atoms with Gasteiger partial charge in [-0.3, -0.25) is 0 Å². The van der Waals surface area contributed by atoms with E-state index in [2.05, 4.69) is 0 Å². The zero-order valence-corrected chi connectivity index (χ0v) is 11.6. The van der Waals surface area contributed by atoms with Crippen LogP contribution in [0.1, 0.15) is 21.5 Å². The summed E-state index contributed by atoms with van der Waals surface area (Å²) in [6, 6.07) is 12.0. The van der Waals surface area contributed by atoms with Crippen LogP contribution in [0.3, 0.4) is 0 Å². The summed E-state index contributed by atoms with van der Waals surface area (Å²) in [4.78, 5) is 11.0. The highest BCUT2D eigenvalue weighted by atomic mass is 16.5. The molecule has 5 nitrogen and oxygen atoms in total. The minimum absolute atomic E-state index is 0.0998. The molecule has 2 N–H and O–H groups in total. The van der Waals surface area contributed by atoms with Gasteiger partial charge in [0.25, 0.3) is 0 Å². The highest BCUT2D eigenvalue weighted by Crippen LogP contribution is 2.23. The Morgan fingerprint density at radius 1 is 1.14 bits per heavy atom. The fraction of sp³-hybridized carbons (Fsp3) is 0.188. The summed E-state index contributed by atoms with van der Waals surface area (Å²) in [7, 11) is 1.42. The van der Waals surface area contributed by atoms with E-state index >= 15 is 0 Å². The van der Waals surface area contributed by atoms with Crippen molar-refractivity contribution in [1.82, 2.24) is 0 Å². The molecule has 110 valence electrons. The van der Waals surface area contributed by atoms with Crippen molar-refractivity contribution in [3.63, 3.8) is 0 Å². The van der Waals surface area contributed by atoms with Gasteiger partial charge in [0, 0.05) is 5.56 Å². The highest BCUT2D eigenvalue weighted by molar-refractivity contribution is 5.90. The van der Waals surface area contributed by atoms with E-state index in [0.717, 1.165) is 5.56 Å². The van der Waals surface area contributed by atoms with Crippen molar-refractivity contribution >= 4 is 5.97 Å². The van der Waals surface area contributed by atoms with Gasteiger partial charge in [0.05, 0.1) is 13.7 Å². The number of aliphatic hydroxyl groups excluding tert-OH is 1. The van der Waals surface area contributed by atoms with E-state index in [1.165, 1.54) is 13.2 Å². The number of hydrogen-bond donors (Lipinski definition) is 2. The number of aliphatic hydroxyl groups is 1. The van der Waals surface area contributed by atoms with Crippen LogP contribution in [0, 0.1) is 0 Å². The van der Waals surface area contributed by atoms with Crippen LogP contribution in [0.2, 0.25) is 0 Å². The van der Waals surface area contributed by atoms with Gasteiger partial charge in [0.2, 0.25) is 0 Å². The Kier molecular flexibility index (Phi) is 4.79. The van der Waals surface area contributed by atoms with Crippen LogP contribution < -0.4 is 9.47 Å². The van der Waals surface area contributed by atoms with Gasteiger partial charge >= 0.3 is 5.97 Å². The molecular formula is C16H16O5. The third-order valence-corrected chi connectivity index (χ3v) is 3.03. The average molecular weight is 288 g/mol. The van der Waals surface area contributed by atoms with Gasteiger partial charge in [-0.05, 0) is 23.8 Å². The molecule has 0 aliphatic carbocycles. The first-order valence-electron chi connectivity index (χ1n) is 6.37. The lowest BCUT2D eigenvalue weighted by molar-refractivity contribution is 0.0693. The molecule has 0 bridgehead atoms. The topological polar surface area (TPSA) is 76.0 Å². The maximum Gasteiger partial charge on any atom is 0.339 e. The second kappa shape index (κ2) is 6.76. The molecule has 0 amide bonds. The van der Waals surface area contributed by atoms with Crippen molar-refractivity contribution < 1.29 is 24.5 Å². The third-order valence-electron chi connectivity index (χ3n) is 3.03. The number of carboxylic acid groups (broad SMARTS) is 1. The van der Waals surface area contributed by atoms with Gasteiger partial charge in [-0.2, -0.15) is 0 Å². The second-order valence-electron chi connectivity index (χ2n) is 4.39. The molecule has 0 fully saturated rings. The average Bonchev–Trinajstić information content (AvgIpc) is 2.52. The third kappa shape index (κ3) is 3.52. The Morgan fingerprint density at radius 2 is 1.90 bits per heavy atom. The SMILES string of the molecule is COc1cc(COc2ccccc2CO)ccc1C(=O)O. The quantitative estimate of drug-likeness (QED) is 0.854. The molecule has 5 heteroatoms. The molecule has 0 aliphatic heterocycles. The van der Waals surface area contributed by atoms with Crippen LogP contribution in [0.15, 0.2) is 42.5 Å². The van der Waals surface area contributed by atoms with Crippen LogP contribution in [-0.2, 0) is 13.2 Å². The van der Waals surface area contributed by atoms with Crippen LogP contribution in [0.4, 0.5) is 0 Å². The smallest absolute Gasteiger partial charge is 0.339 e. The van der Waals surface area contributed by atoms with Crippen molar-refractivity contribution in [2.24, 2.45) is 0 Å². The summed E-state index contributed by atoms with van der Waals surface area (Å²) >= 11 is 0. The maximum atomic E-state index is 11.0. The van der Waals surface area contributed by atoms with Crippen LogP contribution in [-0.4, -0.2) is 23.3 Å². The first kappa shape index (κ1) is 14.9. The Morgan fingerprint density at radius 3 is 2.57 bits per heavy atom. The van der Waals surface area contributed by atoms with E-state index in [4.69, 9.17) is 14.6 Å². The molecule has 0 spiro atoms. The Bertz CT molecular complexity index is 636. The van der Waals surface area contributed by atoms with Gasteiger partial charge in [0.15, 0.2) is 0 Å². The molecule has 0 aromatic heterocycles. The first-order valence-corrected chi connectivity index (χ1v) is 6.37. The van der Waals surface area contributed by atoms with Crippen molar-refractivity contribution in [2.75, 3.05) is 7.11 Å². The molecule has 0 saturated heterocycles. The van der Waals surface area contributed by atoms with Crippen LogP contribution in [0.5, 0.6) is 11.5 Å². The largest absolute Gasteiger partial charge is 0.496 e. The Hall–Kier alpha value is -2.53. The lowest BCUT2D eigenvalue weighted by Gasteiger charge is -2.11. The summed E-state index contributed by atoms with van der Waals surface area (Å²) < 4.78 is 10.7. The number of rotatable bonds is 6. The fourth-order valence-electron chi connectivity index (χ4n) is 1.94. The predicted molar refractivity (Wildman–Crippen MR) is 76.7 cm³/mol. The van der Waals surface area contributed by atoms with Gasteiger partial charge in [-0.1, -0.05) is 24.3 Å². The summed E-state index contributed by atoms with van der Waals surface area (Å²) in [5.74, 6) is -0.148. The van der Waals surface area contributed by atoms with Gasteiger partial charge in [0.1, 0.15) is 23.7 Å². The van der Waals surface area contributed by atoms with Crippen molar-refractivity contribution in [3.8, 4) is 11.5 Å². The molecule has 21 heavy (non-hydrogen) atoms. The molecule has 0 heterocycles. The predicted octanol–water partition coefficient (Wildman–Crippen LogP) is 2.46. The molecule has 2 aromatic carbocycles. The van der Waals surface area contributed by atoms with Gasteiger partial charge in [-0.25, -0.2) is 4.79 Å². The summed E-state index contributed by atoms with van der Waals surface area (Å²) in [5.41, 5.74) is 1.59. The lowest BCUT2D eigenvalue weighted by Crippen LogP contribution is -2.03. The van der Waals surface area contributed by atoms with E-state index in [-0.39, 0.29) is 18.8 Å². The molecule has 0 unspecified atom stereocenters. The minimum atomic E-state index is -1.04. The van der Waals surface area contributed by atoms with E-state index in [9.17, 15) is 9.90 Å². The molecule has 0 radical (unpaired) electrons. The number of ether oxygens (including phenoxy) is 2. The first-order chi connectivity index (χ1) is 10.2. The number of carboxylic acids is 1. The van der Waals surface area contributed by atoms with E-state index in [1.54, 1.807) is 24.3 Å². The number of para-hydroxylation sites is 1. The molecule has 2 aromatic rings. The monoisotopic (exact) mass is 288 g/mol. The van der Waals surface area contributed by atoms with Gasteiger partial charge in [-0.15, -0.1) is 0 Å². The fourth-order valence-corrected chi connectivity index (χ4v) is 1.94. The lowest BCUT2D eigenvalue weighted by atomic mass is 10.1. The Labute approximate surface area is 122 Å².